The van der Waals surface area contributed by atoms with E-state index in [9.17, 15) is 9.59 Å². The molecule has 0 spiro atoms. The van der Waals surface area contributed by atoms with E-state index in [4.69, 9.17) is 4.42 Å². The zero-order chi connectivity index (χ0) is 19.5. The van der Waals surface area contributed by atoms with Gasteiger partial charge in [0.25, 0.3) is 0 Å². The third kappa shape index (κ3) is 3.83. The highest BCUT2D eigenvalue weighted by atomic mass is 16.4. The second-order valence-corrected chi connectivity index (χ2v) is 6.90. The first kappa shape index (κ1) is 18.0. The number of hydrogen-bond acceptors (Lipinski definition) is 5. The van der Waals surface area contributed by atoms with Gasteiger partial charge in [-0.15, -0.1) is 5.10 Å². The Morgan fingerprint density at radius 2 is 1.79 bits per heavy atom. The largest absolute Gasteiger partial charge is 0.437 e. The second-order valence-electron chi connectivity index (χ2n) is 6.90. The highest BCUT2D eigenvalue weighted by Crippen LogP contribution is 2.18. The first-order chi connectivity index (χ1) is 13.6. The number of nitrogens with zero attached hydrogens (tertiary/aromatic N) is 4. The summed E-state index contributed by atoms with van der Waals surface area (Å²) < 4.78 is 6.29. The van der Waals surface area contributed by atoms with E-state index in [0.717, 1.165) is 17.8 Å². The van der Waals surface area contributed by atoms with E-state index in [1.165, 1.54) is 11.3 Å². The summed E-state index contributed by atoms with van der Waals surface area (Å²) in [6.07, 6.45) is 0. The number of carbonyl (C=O) groups excluding carboxylic acids is 1. The Balaban J connectivity index is 1.39. The maximum absolute atomic E-state index is 12.6. The SMILES string of the molecule is Cc1cccc(N2CCN(C(=O)Cn3nc(-c4ccccc4)oc3=O)CC2)c1. The molecule has 0 bridgehead atoms. The molecule has 0 radical (unpaired) electrons. The molecule has 1 aliphatic rings. The van der Waals surface area contributed by atoms with Crippen molar-refractivity contribution in [3.8, 4) is 11.5 Å². The van der Waals surface area contributed by atoms with Crippen LogP contribution in [0.3, 0.4) is 0 Å². The quantitative estimate of drug-likeness (QED) is 0.696. The van der Waals surface area contributed by atoms with E-state index in [1.54, 1.807) is 4.90 Å². The Morgan fingerprint density at radius 1 is 1.04 bits per heavy atom. The number of amides is 1. The molecule has 7 heteroatoms. The van der Waals surface area contributed by atoms with E-state index < -0.39 is 5.76 Å². The van der Waals surface area contributed by atoms with Gasteiger partial charge < -0.3 is 14.2 Å². The lowest BCUT2D eigenvalue weighted by Gasteiger charge is -2.36. The van der Waals surface area contributed by atoms with Crippen molar-refractivity contribution in [1.29, 1.82) is 0 Å². The van der Waals surface area contributed by atoms with Gasteiger partial charge in [0.05, 0.1) is 0 Å². The molecule has 1 amide bonds. The maximum atomic E-state index is 12.6. The average molecular weight is 378 g/mol. The second kappa shape index (κ2) is 7.72. The van der Waals surface area contributed by atoms with Gasteiger partial charge in [-0.3, -0.25) is 4.79 Å². The van der Waals surface area contributed by atoms with Crippen molar-refractivity contribution in [2.75, 3.05) is 31.1 Å². The third-order valence-electron chi connectivity index (χ3n) is 4.91. The monoisotopic (exact) mass is 378 g/mol. The van der Waals surface area contributed by atoms with Crippen LogP contribution in [0.2, 0.25) is 0 Å². The minimum Gasteiger partial charge on any atom is -0.388 e. The molecule has 0 aliphatic carbocycles. The molecule has 28 heavy (non-hydrogen) atoms. The molecule has 0 unspecified atom stereocenters. The van der Waals surface area contributed by atoms with Crippen molar-refractivity contribution in [2.24, 2.45) is 0 Å². The summed E-state index contributed by atoms with van der Waals surface area (Å²) in [6, 6.07) is 17.5. The van der Waals surface area contributed by atoms with Crippen LogP contribution in [0.1, 0.15) is 5.56 Å². The summed E-state index contributed by atoms with van der Waals surface area (Å²) in [4.78, 5) is 28.7. The number of aryl methyl sites for hydroxylation is 1. The standard InChI is InChI=1S/C21H22N4O3/c1-16-6-5-9-18(14-16)23-10-12-24(13-11-23)19(26)15-25-21(27)28-20(22-25)17-7-3-2-4-8-17/h2-9,14H,10-13,15H2,1H3. The normalized spacial score (nSPS) is 14.3. The number of carbonyl (C=O) groups is 1. The topological polar surface area (TPSA) is 71.6 Å². The van der Waals surface area contributed by atoms with Gasteiger partial charge in [-0.05, 0) is 36.8 Å². The number of hydrogen-bond donors (Lipinski definition) is 0. The summed E-state index contributed by atoms with van der Waals surface area (Å²) in [5.74, 6) is -0.521. The molecular weight excluding hydrogens is 356 g/mol. The zero-order valence-electron chi connectivity index (χ0n) is 15.7. The van der Waals surface area contributed by atoms with Crippen LogP contribution in [0.25, 0.3) is 11.5 Å². The molecule has 2 heterocycles. The predicted octanol–water partition coefficient (Wildman–Crippen LogP) is 2.16. The lowest BCUT2D eigenvalue weighted by Crippen LogP contribution is -2.50. The van der Waals surface area contributed by atoms with Crippen molar-refractivity contribution >= 4 is 11.6 Å². The van der Waals surface area contributed by atoms with Crippen LogP contribution in [0, 0.1) is 6.92 Å². The molecule has 1 saturated heterocycles. The van der Waals surface area contributed by atoms with Gasteiger partial charge in [0.2, 0.25) is 11.8 Å². The van der Waals surface area contributed by atoms with Crippen LogP contribution in [-0.4, -0.2) is 46.8 Å². The Labute approximate surface area is 162 Å². The minimum absolute atomic E-state index is 0.111. The van der Waals surface area contributed by atoms with Crippen LogP contribution in [-0.2, 0) is 11.3 Å². The van der Waals surface area contributed by atoms with Gasteiger partial charge >= 0.3 is 5.76 Å². The van der Waals surface area contributed by atoms with E-state index in [2.05, 4.69) is 35.1 Å². The van der Waals surface area contributed by atoms with Crippen LogP contribution in [0.4, 0.5) is 5.69 Å². The Bertz CT molecular complexity index is 1020. The molecule has 0 N–H and O–H groups in total. The van der Waals surface area contributed by atoms with Crippen molar-refractivity contribution < 1.29 is 9.21 Å². The van der Waals surface area contributed by atoms with Crippen LogP contribution in [0.5, 0.6) is 0 Å². The number of anilines is 1. The first-order valence-corrected chi connectivity index (χ1v) is 9.33. The smallest absolute Gasteiger partial charge is 0.388 e. The van der Waals surface area contributed by atoms with E-state index in [1.807, 2.05) is 36.4 Å². The molecule has 1 aliphatic heterocycles. The molecule has 2 aromatic carbocycles. The van der Waals surface area contributed by atoms with Gasteiger partial charge in [-0.1, -0.05) is 30.3 Å². The fraction of sp³-hybridized carbons (Fsp3) is 0.286. The Morgan fingerprint density at radius 3 is 2.50 bits per heavy atom. The van der Waals surface area contributed by atoms with Crippen LogP contribution < -0.4 is 10.7 Å². The maximum Gasteiger partial charge on any atom is 0.437 e. The summed E-state index contributed by atoms with van der Waals surface area (Å²) in [5, 5.41) is 4.17. The first-order valence-electron chi connectivity index (χ1n) is 9.33. The summed E-state index contributed by atoms with van der Waals surface area (Å²) >= 11 is 0. The number of piperazine rings is 1. The molecular formula is C21H22N4O3. The minimum atomic E-state index is -0.620. The van der Waals surface area contributed by atoms with E-state index in [0.29, 0.717) is 18.7 Å². The number of benzene rings is 2. The fourth-order valence-electron chi connectivity index (χ4n) is 3.37. The Kier molecular flexibility index (Phi) is 4.97. The zero-order valence-corrected chi connectivity index (χ0v) is 15.7. The Hall–Kier alpha value is -3.35. The molecule has 144 valence electrons. The van der Waals surface area contributed by atoms with E-state index in [-0.39, 0.29) is 18.3 Å². The number of aromatic nitrogens is 2. The molecule has 7 nitrogen and oxygen atoms in total. The number of rotatable bonds is 4. The third-order valence-corrected chi connectivity index (χ3v) is 4.91. The molecule has 3 aromatic rings. The summed E-state index contributed by atoms with van der Waals surface area (Å²) in [7, 11) is 0. The molecule has 1 fully saturated rings. The van der Waals surface area contributed by atoms with Gasteiger partial charge in [0.15, 0.2) is 0 Å². The molecule has 0 saturated carbocycles. The van der Waals surface area contributed by atoms with Gasteiger partial charge in [0.1, 0.15) is 6.54 Å². The van der Waals surface area contributed by atoms with Gasteiger partial charge in [-0.25, -0.2) is 4.79 Å². The molecule has 1 aromatic heterocycles. The van der Waals surface area contributed by atoms with Crippen LogP contribution in [0.15, 0.2) is 63.8 Å². The highest BCUT2D eigenvalue weighted by Gasteiger charge is 2.23. The van der Waals surface area contributed by atoms with Crippen molar-refractivity contribution in [1.82, 2.24) is 14.7 Å². The van der Waals surface area contributed by atoms with E-state index >= 15 is 0 Å². The molecule has 4 rings (SSSR count). The lowest BCUT2D eigenvalue weighted by molar-refractivity contribution is -0.132. The summed E-state index contributed by atoms with van der Waals surface area (Å²) in [6.45, 7) is 4.72. The van der Waals surface area contributed by atoms with Crippen molar-refractivity contribution in [3.63, 3.8) is 0 Å². The lowest BCUT2D eigenvalue weighted by atomic mass is 10.2. The highest BCUT2D eigenvalue weighted by molar-refractivity contribution is 5.76. The van der Waals surface area contributed by atoms with Gasteiger partial charge in [0, 0.05) is 37.4 Å². The average Bonchev–Trinajstić information content (AvgIpc) is 3.09. The summed E-state index contributed by atoms with van der Waals surface area (Å²) in [5.41, 5.74) is 3.10. The predicted molar refractivity (Wildman–Crippen MR) is 106 cm³/mol. The fourth-order valence-corrected chi connectivity index (χ4v) is 3.37. The van der Waals surface area contributed by atoms with Crippen LogP contribution >= 0.6 is 0 Å². The van der Waals surface area contributed by atoms with Crippen molar-refractivity contribution in [3.05, 3.63) is 70.7 Å². The van der Waals surface area contributed by atoms with Gasteiger partial charge in [-0.2, -0.15) is 4.68 Å². The van der Waals surface area contributed by atoms with Crippen molar-refractivity contribution in [2.45, 2.75) is 13.5 Å². The molecule has 0 atom stereocenters.